The van der Waals surface area contributed by atoms with Gasteiger partial charge in [-0.15, -0.1) is 0 Å². The summed E-state index contributed by atoms with van der Waals surface area (Å²) in [5.41, 5.74) is 2.25. The molecule has 4 rings (SSSR count). The van der Waals surface area contributed by atoms with Crippen LogP contribution in [0.4, 0.5) is 4.39 Å². The Morgan fingerprint density at radius 3 is 2.41 bits per heavy atom. The molecule has 2 aromatic heterocycles. The zero-order valence-electron chi connectivity index (χ0n) is 16.3. The van der Waals surface area contributed by atoms with Crippen molar-refractivity contribution < 1.29 is 14.3 Å². The molecule has 1 saturated heterocycles. The van der Waals surface area contributed by atoms with Gasteiger partial charge in [0, 0.05) is 50.1 Å². The predicted octanol–water partition coefficient (Wildman–Crippen LogP) is 2.83. The van der Waals surface area contributed by atoms with Crippen molar-refractivity contribution in [2.75, 3.05) is 13.1 Å². The zero-order valence-corrected chi connectivity index (χ0v) is 16.3. The van der Waals surface area contributed by atoms with Gasteiger partial charge in [-0.25, -0.2) is 4.39 Å². The fraction of sp³-hybridized carbons (Fsp3) is 0.318. The van der Waals surface area contributed by atoms with Crippen LogP contribution in [0.25, 0.3) is 11.1 Å². The van der Waals surface area contributed by atoms with Gasteiger partial charge in [0.1, 0.15) is 11.5 Å². The van der Waals surface area contributed by atoms with Gasteiger partial charge < -0.3 is 10.0 Å². The van der Waals surface area contributed by atoms with E-state index >= 15 is 0 Å². The summed E-state index contributed by atoms with van der Waals surface area (Å²) in [7, 11) is 1.85. The number of aromatic nitrogens is 3. The topological polar surface area (TPSA) is 71.2 Å². The van der Waals surface area contributed by atoms with Gasteiger partial charge in [-0.05, 0) is 36.6 Å². The predicted molar refractivity (Wildman–Crippen MR) is 107 cm³/mol. The molecule has 0 aliphatic carbocycles. The minimum atomic E-state index is -0.883. The van der Waals surface area contributed by atoms with Crippen LogP contribution in [-0.4, -0.2) is 49.4 Å². The van der Waals surface area contributed by atoms with Gasteiger partial charge in [-0.1, -0.05) is 18.2 Å². The molecule has 1 fully saturated rings. The highest BCUT2D eigenvalue weighted by atomic mass is 19.1. The van der Waals surface area contributed by atoms with Crippen molar-refractivity contribution in [3.05, 3.63) is 72.1 Å². The van der Waals surface area contributed by atoms with Crippen LogP contribution in [-0.2, 0) is 13.5 Å². The van der Waals surface area contributed by atoms with Crippen LogP contribution in [0, 0.1) is 5.82 Å². The highest BCUT2D eigenvalue weighted by Crippen LogP contribution is 2.27. The van der Waals surface area contributed by atoms with Gasteiger partial charge in [-0.2, -0.15) is 5.10 Å². The second-order valence-electron chi connectivity index (χ2n) is 7.65. The number of aryl methyl sites for hydroxylation is 1. The van der Waals surface area contributed by atoms with Crippen molar-refractivity contribution in [2.24, 2.45) is 7.05 Å². The molecule has 7 heteroatoms. The summed E-state index contributed by atoms with van der Waals surface area (Å²) in [6, 6.07) is 9.78. The Labute approximate surface area is 168 Å². The lowest BCUT2D eigenvalue weighted by Crippen LogP contribution is -2.47. The highest BCUT2D eigenvalue weighted by Gasteiger charge is 2.34. The number of nitrogens with zero attached hydrogens (tertiary/aromatic N) is 4. The zero-order chi connectivity index (χ0) is 20.4. The molecule has 29 heavy (non-hydrogen) atoms. The van der Waals surface area contributed by atoms with E-state index in [1.54, 1.807) is 40.2 Å². The summed E-state index contributed by atoms with van der Waals surface area (Å²) < 4.78 is 14.8. The second-order valence-corrected chi connectivity index (χ2v) is 7.65. The molecule has 1 aliphatic rings. The number of likely N-dealkylation sites (tertiary alicyclic amines) is 1. The molecule has 1 aliphatic heterocycles. The summed E-state index contributed by atoms with van der Waals surface area (Å²) >= 11 is 0. The lowest BCUT2D eigenvalue weighted by molar-refractivity contribution is -0.0163. The molecule has 0 unspecified atom stereocenters. The second kappa shape index (κ2) is 7.75. The monoisotopic (exact) mass is 394 g/mol. The minimum absolute atomic E-state index is 0.133. The van der Waals surface area contributed by atoms with Crippen molar-refractivity contribution >= 4 is 5.91 Å². The van der Waals surface area contributed by atoms with Crippen LogP contribution in [0.1, 0.15) is 28.9 Å². The minimum Gasteiger partial charge on any atom is -0.389 e. The van der Waals surface area contributed by atoms with E-state index in [0.717, 1.165) is 16.7 Å². The molecule has 1 aromatic carbocycles. The molecule has 1 N–H and O–H groups in total. The number of benzene rings is 1. The van der Waals surface area contributed by atoms with E-state index in [4.69, 9.17) is 0 Å². The number of carbonyl (C=O) groups excluding carboxylic acids is 1. The molecular weight excluding hydrogens is 371 g/mol. The third-order valence-electron chi connectivity index (χ3n) is 5.45. The molecule has 0 spiro atoms. The van der Waals surface area contributed by atoms with Crippen molar-refractivity contribution in [1.29, 1.82) is 0 Å². The summed E-state index contributed by atoms with van der Waals surface area (Å²) in [6.07, 6.45) is 6.73. The van der Waals surface area contributed by atoms with Crippen molar-refractivity contribution in [1.82, 2.24) is 19.7 Å². The average Bonchev–Trinajstić information content (AvgIpc) is 3.16. The van der Waals surface area contributed by atoms with Crippen molar-refractivity contribution in [3.63, 3.8) is 0 Å². The van der Waals surface area contributed by atoms with Crippen LogP contribution in [0.2, 0.25) is 0 Å². The van der Waals surface area contributed by atoms with Crippen molar-refractivity contribution in [3.8, 4) is 11.1 Å². The van der Waals surface area contributed by atoms with Crippen LogP contribution in [0.3, 0.4) is 0 Å². The maximum absolute atomic E-state index is 13.1. The lowest BCUT2D eigenvalue weighted by Gasteiger charge is -2.38. The smallest absolute Gasteiger partial charge is 0.272 e. The van der Waals surface area contributed by atoms with Gasteiger partial charge in [0.05, 0.1) is 11.8 Å². The first-order valence-corrected chi connectivity index (χ1v) is 9.63. The van der Waals surface area contributed by atoms with E-state index in [1.807, 2.05) is 19.3 Å². The molecule has 6 nitrogen and oxygen atoms in total. The molecule has 150 valence electrons. The van der Waals surface area contributed by atoms with Gasteiger partial charge >= 0.3 is 0 Å². The van der Waals surface area contributed by atoms with Gasteiger partial charge in [0.2, 0.25) is 0 Å². The molecule has 1 amide bonds. The lowest BCUT2D eigenvalue weighted by atomic mass is 9.85. The van der Waals surface area contributed by atoms with E-state index in [-0.39, 0.29) is 11.7 Å². The fourth-order valence-corrected chi connectivity index (χ4v) is 3.71. The highest BCUT2D eigenvalue weighted by molar-refractivity contribution is 5.92. The number of hydrogen-bond donors (Lipinski definition) is 1. The summed E-state index contributed by atoms with van der Waals surface area (Å²) in [4.78, 5) is 18.8. The van der Waals surface area contributed by atoms with Crippen LogP contribution >= 0.6 is 0 Å². The summed E-state index contributed by atoms with van der Waals surface area (Å²) in [5, 5.41) is 15.0. The number of aliphatic hydroxyl groups is 1. The number of amides is 1. The Balaban J connectivity index is 1.37. The molecule has 0 bridgehead atoms. The Morgan fingerprint density at radius 1 is 1.10 bits per heavy atom. The standard InChI is InChI=1S/C22H23FN4O2/c1-26-15-18(14-25-26)17-4-7-20(24-13-17)21(28)27-10-8-22(29,9-11-27)12-16-2-5-19(23)6-3-16/h2-7,13-15,29H,8-12H2,1H3. The maximum atomic E-state index is 13.1. The molecule has 3 heterocycles. The quantitative estimate of drug-likeness (QED) is 0.739. The van der Waals surface area contributed by atoms with Gasteiger partial charge in [0.15, 0.2) is 0 Å². The maximum Gasteiger partial charge on any atom is 0.272 e. The third-order valence-corrected chi connectivity index (χ3v) is 5.45. The molecule has 0 atom stereocenters. The van der Waals surface area contributed by atoms with Crippen LogP contribution < -0.4 is 0 Å². The largest absolute Gasteiger partial charge is 0.389 e. The van der Waals surface area contributed by atoms with Crippen molar-refractivity contribution in [2.45, 2.75) is 24.9 Å². The number of hydrogen-bond acceptors (Lipinski definition) is 4. The molecule has 3 aromatic rings. The first-order chi connectivity index (χ1) is 13.9. The van der Waals surface area contributed by atoms with E-state index < -0.39 is 5.60 Å². The Bertz CT molecular complexity index is 990. The molecule has 0 saturated carbocycles. The first-order valence-electron chi connectivity index (χ1n) is 9.63. The normalized spacial score (nSPS) is 16.0. The SMILES string of the molecule is Cn1cc(-c2ccc(C(=O)N3CCC(O)(Cc4ccc(F)cc4)CC3)nc2)cn1. The van der Waals surface area contributed by atoms with E-state index in [2.05, 4.69) is 10.1 Å². The third kappa shape index (κ3) is 4.35. The van der Waals surface area contributed by atoms with E-state index in [1.165, 1.54) is 12.1 Å². The molecule has 0 radical (unpaired) electrons. The van der Waals surface area contributed by atoms with Gasteiger partial charge in [0.25, 0.3) is 5.91 Å². The van der Waals surface area contributed by atoms with Gasteiger partial charge in [-0.3, -0.25) is 14.5 Å². The van der Waals surface area contributed by atoms with E-state index in [9.17, 15) is 14.3 Å². The number of pyridine rings is 1. The first kappa shape index (κ1) is 19.3. The molecular formula is C22H23FN4O2. The van der Waals surface area contributed by atoms with E-state index in [0.29, 0.717) is 38.0 Å². The Morgan fingerprint density at radius 2 is 1.83 bits per heavy atom. The van der Waals surface area contributed by atoms with Crippen LogP contribution in [0.15, 0.2) is 55.0 Å². The Hall–Kier alpha value is -3.06. The number of halogens is 1. The fourth-order valence-electron chi connectivity index (χ4n) is 3.71. The number of rotatable bonds is 4. The number of piperidine rings is 1. The number of carbonyl (C=O) groups is 1. The summed E-state index contributed by atoms with van der Waals surface area (Å²) in [6.45, 7) is 0.922. The summed E-state index contributed by atoms with van der Waals surface area (Å²) in [5.74, 6) is -0.422. The van der Waals surface area contributed by atoms with Crippen LogP contribution in [0.5, 0.6) is 0 Å². The average molecular weight is 394 g/mol. The Kier molecular flexibility index (Phi) is 5.15.